The monoisotopic (exact) mass is 378 g/mol. The van der Waals surface area contributed by atoms with Crippen molar-refractivity contribution in [3.63, 3.8) is 0 Å². The highest BCUT2D eigenvalue weighted by Gasteiger charge is 2.17. The lowest BCUT2D eigenvalue weighted by molar-refractivity contribution is 0.605. The van der Waals surface area contributed by atoms with Crippen molar-refractivity contribution < 1.29 is 16.8 Å². The molecule has 0 aliphatic heterocycles. The van der Waals surface area contributed by atoms with Gasteiger partial charge in [-0.1, -0.05) is 36.4 Å². The summed E-state index contributed by atoms with van der Waals surface area (Å²) in [6.07, 6.45) is 0.650. The number of hydrogen-bond acceptors (Lipinski definition) is 4. The van der Waals surface area contributed by atoms with Gasteiger partial charge < -0.3 is 0 Å². The molecular formula is C14H12Cl2O4S2. The summed E-state index contributed by atoms with van der Waals surface area (Å²) in [5, 5.41) is 0. The van der Waals surface area contributed by atoms with Gasteiger partial charge in [0.25, 0.3) is 18.1 Å². The number of rotatable bonds is 5. The Morgan fingerprint density at radius 1 is 0.636 bits per heavy atom. The predicted molar refractivity (Wildman–Crippen MR) is 86.4 cm³/mol. The van der Waals surface area contributed by atoms with E-state index in [9.17, 15) is 16.8 Å². The van der Waals surface area contributed by atoms with E-state index >= 15 is 0 Å². The molecule has 0 atom stereocenters. The van der Waals surface area contributed by atoms with Crippen molar-refractivity contribution in [1.82, 2.24) is 0 Å². The van der Waals surface area contributed by atoms with Gasteiger partial charge in [0.1, 0.15) is 0 Å². The average Bonchev–Trinajstić information content (AvgIpc) is 2.44. The third-order valence-electron chi connectivity index (χ3n) is 3.13. The molecule has 22 heavy (non-hydrogen) atoms. The van der Waals surface area contributed by atoms with Gasteiger partial charge in [-0.25, -0.2) is 16.8 Å². The minimum atomic E-state index is -3.85. The van der Waals surface area contributed by atoms with E-state index in [4.69, 9.17) is 21.4 Å². The standard InChI is InChI=1S/C14H12Cl2O4S2/c15-21(17,18)13-7-3-1-5-11(13)9-10-12-6-2-4-8-14(12)22(16,19)20/h1-8H,9-10H2. The van der Waals surface area contributed by atoms with Crippen LogP contribution in [0.5, 0.6) is 0 Å². The maximum absolute atomic E-state index is 11.5. The average molecular weight is 379 g/mol. The molecule has 8 heteroatoms. The molecule has 0 radical (unpaired) electrons. The summed E-state index contributed by atoms with van der Waals surface area (Å²) in [6.45, 7) is 0. The Hall–Kier alpha value is -1.08. The van der Waals surface area contributed by atoms with Crippen LogP contribution in [0.4, 0.5) is 0 Å². The molecule has 2 aromatic carbocycles. The highest BCUT2D eigenvalue weighted by atomic mass is 35.7. The van der Waals surface area contributed by atoms with Crippen LogP contribution in [0.3, 0.4) is 0 Å². The molecular weight excluding hydrogens is 367 g/mol. The molecule has 0 aliphatic rings. The molecule has 0 aromatic heterocycles. The zero-order valence-electron chi connectivity index (χ0n) is 11.2. The fraction of sp³-hybridized carbons (Fsp3) is 0.143. The molecule has 0 spiro atoms. The smallest absolute Gasteiger partial charge is 0.207 e. The van der Waals surface area contributed by atoms with Gasteiger partial charge in [0.15, 0.2) is 0 Å². The Morgan fingerprint density at radius 3 is 1.27 bits per heavy atom. The van der Waals surface area contributed by atoms with E-state index in [1.165, 1.54) is 12.1 Å². The van der Waals surface area contributed by atoms with Crippen molar-refractivity contribution in [3.05, 3.63) is 59.7 Å². The Labute approximate surface area is 138 Å². The molecule has 0 N–H and O–H groups in total. The summed E-state index contributed by atoms with van der Waals surface area (Å²) in [4.78, 5) is 0.0609. The van der Waals surface area contributed by atoms with Gasteiger partial charge in [0.2, 0.25) is 0 Å². The molecule has 0 heterocycles. The van der Waals surface area contributed by atoms with E-state index < -0.39 is 18.1 Å². The highest BCUT2D eigenvalue weighted by Crippen LogP contribution is 2.24. The lowest BCUT2D eigenvalue weighted by Crippen LogP contribution is -2.03. The van der Waals surface area contributed by atoms with E-state index in [0.29, 0.717) is 24.0 Å². The van der Waals surface area contributed by atoms with Crippen LogP contribution in [0.1, 0.15) is 11.1 Å². The van der Waals surface area contributed by atoms with Crippen LogP contribution in [-0.4, -0.2) is 16.8 Å². The zero-order valence-corrected chi connectivity index (χ0v) is 14.4. The third kappa shape index (κ3) is 4.23. The molecule has 0 unspecified atom stereocenters. The molecule has 0 bridgehead atoms. The Balaban J connectivity index is 2.34. The van der Waals surface area contributed by atoms with Crippen LogP contribution in [0.25, 0.3) is 0 Å². The summed E-state index contributed by atoms with van der Waals surface area (Å²) in [6, 6.07) is 12.7. The zero-order chi connectivity index (χ0) is 16.4. The fourth-order valence-corrected chi connectivity index (χ4v) is 4.52. The molecule has 0 fully saturated rings. The molecule has 0 saturated carbocycles. The van der Waals surface area contributed by atoms with Gasteiger partial charge >= 0.3 is 0 Å². The molecule has 118 valence electrons. The summed E-state index contributed by atoms with van der Waals surface area (Å²) < 4.78 is 46.2. The van der Waals surface area contributed by atoms with Gasteiger partial charge in [-0.2, -0.15) is 0 Å². The maximum Gasteiger partial charge on any atom is 0.261 e. The Kier molecular flexibility index (Phi) is 5.17. The molecule has 0 amide bonds. The van der Waals surface area contributed by atoms with E-state index in [1.807, 2.05) is 0 Å². The molecule has 2 aromatic rings. The van der Waals surface area contributed by atoms with E-state index in [1.54, 1.807) is 36.4 Å². The van der Waals surface area contributed by atoms with Crippen molar-refractivity contribution in [2.24, 2.45) is 0 Å². The maximum atomic E-state index is 11.5. The topological polar surface area (TPSA) is 68.3 Å². The minimum Gasteiger partial charge on any atom is -0.207 e. The van der Waals surface area contributed by atoms with Crippen molar-refractivity contribution in [2.45, 2.75) is 22.6 Å². The summed E-state index contributed by atoms with van der Waals surface area (Å²) in [7, 11) is 3.11. The summed E-state index contributed by atoms with van der Waals surface area (Å²) in [5.74, 6) is 0. The Morgan fingerprint density at radius 2 is 0.955 bits per heavy atom. The second-order valence-electron chi connectivity index (χ2n) is 4.59. The second-order valence-corrected chi connectivity index (χ2v) is 9.66. The van der Waals surface area contributed by atoms with Crippen molar-refractivity contribution in [3.8, 4) is 0 Å². The van der Waals surface area contributed by atoms with Crippen LogP contribution >= 0.6 is 21.4 Å². The number of halogens is 2. The largest absolute Gasteiger partial charge is 0.261 e. The van der Waals surface area contributed by atoms with Crippen LogP contribution in [0, 0.1) is 0 Å². The van der Waals surface area contributed by atoms with Crippen molar-refractivity contribution in [1.29, 1.82) is 0 Å². The van der Waals surface area contributed by atoms with Gasteiger partial charge in [0.05, 0.1) is 9.79 Å². The quantitative estimate of drug-likeness (QED) is 0.748. The number of hydrogen-bond donors (Lipinski definition) is 0. The van der Waals surface area contributed by atoms with Crippen molar-refractivity contribution in [2.75, 3.05) is 0 Å². The van der Waals surface area contributed by atoms with Crippen molar-refractivity contribution >= 4 is 39.5 Å². The van der Waals surface area contributed by atoms with Crippen LogP contribution in [0.15, 0.2) is 58.3 Å². The summed E-state index contributed by atoms with van der Waals surface area (Å²) in [5.41, 5.74) is 1.05. The lowest BCUT2D eigenvalue weighted by atomic mass is 10.0. The first-order chi connectivity index (χ1) is 10.2. The van der Waals surface area contributed by atoms with Gasteiger partial charge in [-0.3, -0.25) is 0 Å². The SMILES string of the molecule is O=S(=O)(Cl)c1ccccc1CCc1ccccc1S(=O)(=O)Cl. The predicted octanol–water partition coefficient (Wildman–Crippen LogP) is 3.33. The first-order valence-corrected chi connectivity index (χ1v) is 10.9. The van der Waals surface area contributed by atoms with E-state index in [0.717, 1.165) is 0 Å². The fourth-order valence-electron chi connectivity index (χ4n) is 2.17. The van der Waals surface area contributed by atoms with Gasteiger partial charge in [0, 0.05) is 21.4 Å². The first-order valence-electron chi connectivity index (χ1n) is 6.25. The van der Waals surface area contributed by atoms with Crippen LogP contribution in [0.2, 0.25) is 0 Å². The molecule has 0 aliphatic carbocycles. The first kappa shape index (κ1) is 17.3. The molecule has 2 rings (SSSR count). The minimum absolute atomic E-state index is 0.0304. The molecule has 0 saturated heterocycles. The highest BCUT2D eigenvalue weighted by molar-refractivity contribution is 8.14. The van der Waals surface area contributed by atoms with E-state index in [-0.39, 0.29) is 9.79 Å². The lowest BCUT2D eigenvalue weighted by Gasteiger charge is -2.09. The van der Waals surface area contributed by atoms with Gasteiger partial charge in [-0.05, 0) is 36.1 Å². The number of aryl methyl sites for hydroxylation is 2. The number of benzene rings is 2. The normalized spacial score (nSPS) is 12.3. The van der Waals surface area contributed by atoms with Crippen LogP contribution < -0.4 is 0 Å². The summed E-state index contributed by atoms with van der Waals surface area (Å²) >= 11 is 0. The van der Waals surface area contributed by atoms with Gasteiger partial charge in [-0.15, -0.1) is 0 Å². The second kappa shape index (κ2) is 6.58. The third-order valence-corrected chi connectivity index (χ3v) is 5.98. The molecule has 4 nitrogen and oxygen atoms in total. The van der Waals surface area contributed by atoms with Crippen LogP contribution in [-0.2, 0) is 30.9 Å². The van der Waals surface area contributed by atoms with E-state index in [2.05, 4.69) is 0 Å². The Bertz CT molecular complexity index is 815.